The third kappa shape index (κ3) is 4.64. The molecular formula is C19H16F2N2O4. The minimum Gasteiger partial charge on any atom is -0.457 e. The topological polar surface area (TPSA) is 100 Å². The van der Waals surface area contributed by atoms with Crippen molar-refractivity contribution < 1.29 is 23.1 Å². The molecule has 1 aromatic carbocycles. The SMILES string of the molecule is Cc1[nH]c(=O)c(C#N)c(C)c1CCC(=O)OCC(=O)c1ccc(F)c(F)c1. The molecule has 0 atom stereocenters. The van der Waals surface area contributed by atoms with Gasteiger partial charge < -0.3 is 9.72 Å². The van der Waals surface area contributed by atoms with E-state index in [-0.39, 0.29) is 24.0 Å². The Hall–Kier alpha value is -3.34. The van der Waals surface area contributed by atoms with Crippen molar-refractivity contribution in [3.8, 4) is 6.07 Å². The van der Waals surface area contributed by atoms with Gasteiger partial charge in [-0.1, -0.05) is 0 Å². The minimum atomic E-state index is -1.16. The normalized spacial score (nSPS) is 10.3. The zero-order valence-electron chi connectivity index (χ0n) is 14.7. The van der Waals surface area contributed by atoms with Gasteiger partial charge in [-0.15, -0.1) is 0 Å². The fourth-order valence-electron chi connectivity index (χ4n) is 2.62. The second-order valence-electron chi connectivity index (χ2n) is 5.88. The highest BCUT2D eigenvalue weighted by Gasteiger charge is 2.15. The van der Waals surface area contributed by atoms with Crippen LogP contribution in [0.5, 0.6) is 0 Å². The molecule has 2 rings (SSSR count). The number of nitrogens with zero attached hydrogens (tertiary/aromatic N) is 1. The van der Waals surface area contributed by atoms with E-state index >= 15 is 0 Å². The summed E-state index contributed by atoms with van der Waals surface area (Å²) in [5.74, 6) is -3.57. The molecular weight excluding hydrogens is 358 g/mol. The Labute approximate surface area is 153 Å². The Morgan fingerprint density at radius 3 is 2.56 bits per heavy atom. The number of nitriles is 1. The van der Waals surface area contributed by atoms with Crippen molar-refractivity contribution in [2.24, 2.45) is 0 Å². The second-order valence-corrected chi connectivity index (χ2v) is 5.88. The van der Waals surface area contributed by atoms with E-state index in [0.717, 1.165) is 18.2 Å². The molecule has 0 radical (unpaired) electrons. The van der Waals surface area contributed by atoms with Crippen molar-refractivity contribution in [2.45, 2.75) is 26.7 Å². The first-order valence-electron chi connectivity index (χ1n) is 8.01. The van der Waals surface area contributed by atoms with Gasteiger partial charge in [-0.2, -0.15) is 5.26 Å². The molecule has 0 saturated heterocycles. The number of halogens is 2. The Kier molecular flexibility index (Phi) is 6.19. The van der Waals surface area contributed by atoms with Gasteiger partial charge in [0.25, 0.3) is 5.56 Å². The summed E-state index contributed by atoms with van der Waals surface area (Å²) in [6.45, 7) is 2.67. The van der Waals surface area contributed by atoms with Gasteiger partial charge in [0, 0.05) is 17.7 Å². The first kappa shape index (κ1) is 20.0. The predicted molar refractivity (Wildman–Crippen MR) is 91.2 cm³/mol. The number of H-pyrrole nitrogens is 1. The molecule has 0 bridgehead atoms. The van der Waals surface area contributed by atoms with E-state index in [1.54, 1.807) is 13.8 Å². The van der Waals surface area contributed by atoms with Crippen LogP contribution in [0.3, 0.4) is 0 Å². The lowest BCUT2D eigenvalue weighted by atomic mass is 9.99. The van der Waals surface area contributed by atoms with Crippen LogP contribution in [0, 0.1) is 36.8 Å². The predicted octanol–water partition coefficient (Wildman–Crippen LogP) is 2.50. The van der Waals surface area contributed by atoms with E-state index in [1.165, 1.54) is 0 Å². The van der Waals surface area contributed by atoms with Crippen molar-refractivity contribution in [1.82, 2.24) is 4.98 Å². The van der Waals surface area contributed by atoms with Gasteiger partial charge in [0.1, 0.15) is 11.6 Å². The molecule has 2 aromatic rings. The molecule has 8 heteroatoms. The largest absolute Gasteiger partial charge is 0.457 e. The van der Waals surface area contributed by atoms with Gasteiger partial charge in [-0.3, -0.25) is 14.4 Å². The first-order chi connectivity index (χ1) is 12.7. The van der Waals surface area contributed by atoms with Gasteiger partial charge >= 0.3 is 5.97 Å². The van der Waals surface area contributed by atoms with Crippen LogP contribution in [-0.4, -0.2) is 23.3 Å². The summed E-state index contributed by atoms with van der Waals surface area (Å²) in [6, 6.07) is 4.48. The van der Waals surface area contributed by atoms with E-state index in [9.17, 15) is 23.2 Å². The quantitative estimate of drug-likeness (QED) is 0.619. The molecule has 0 saturated carbocycles. The van der Waals surface area contributed by atoms with Crippen LogP contribution in [-0.2, 0) is 16.0 Å². The maximum absolute atomic E-state index is 13.1. The zero-order valence-corrected chi connectivity index (χ0v) is 14.7. The molecule has 0 unspecified atom stereocenters. The highest BCUT2D eigenvalue weighted by atomic mass is 19.2. The number of pyridine rings is 1. The number of ketones is 1. The Balaban J connectivity index is 1.97. The number of aromatic nitrogens is 1. The number of benzene rings is 1. The number of rotatable bonds is 6. The van der Waals surface area contributed by atoms with Crippen LogP contribution in [0.1, 0.15) is 39.2 Å². The van der Waals surface area contributed by atoms with Crippen LogP contribution in [0.2, 0.25) is 0 Å². The van der Waals surface area contributed by atoms with Gasteiger partial charge in [-0.25, -0.2) is 8.78 Å². The van der Waals surface area contributed by atoms with Crippen molar-refractivity contribution in [3.63, 3.8) is 0 Å². The van der Waals surface area contributed by atoms with Crippen LogP contribution >= 0.6 is 0 Å². The van der Waals surface area contributed by atoms with Gasteiger partial charge in [0.2, 0.25) is 0 Å². The lowest BCUT2D eigenvalue weighted by Crippen LogP contribution is -2.18. The lowest BCUT2D eigenvalue weighted by molar-refractivity contribution is -0.142. The Bertz CT molecular complexity index is 1010. The third-order valence-corrected chi connectivity index (χ3v) is 4.11. The van der Waals surface area contributed by atoms with Crippen molar-refractivity contribution >= 4 is 11.8 Å². The number of nitrogens with one attached hydrogen (secondary N) is 1. The molecule has 1 aromatic heterocycles. The molecule has 0 aliphatic heterocycles. The number of aromatic amines is 1. The molecule has 0 aliphatic carbocycles. The molecule has 0 spiro atoms. The van der Waals surface area contributed by atoms with Gasteiger partial charge in [0.05, 0.1) is 0 Å². The summed E-state index contributed by atoms with van der Waals surface area (Å²) in [5.41, 5.74) is 1.07. The number of hydrogen-bond acceptors (Lipinski definition) is 5. The van der Waals surface area contributed by atoms with Crippen LogP contribution < -0.4 is 5.56 Å². The van der Waals surface area contributed by atoms with Crippen LogP contribution in [0.15, 0.2) is 23.0 Å². The van der Waals surface area contributed by atoms with Crippen molar-refractivity contribution in [2.75, 3.05) is 6.61 Å². The summed E-state index contributed by atoms with van der Waals surface area (Å²) in [4.78, 5) is 38.0. The minimum absolute atomic E-state index is 0.0162. The smallest absolute Gasteiger partial charge is 0.306 e. The lowest BCUT2D eigenvalue weighted by Gasteiger charge is -2.10. The average Bonchev–Trinajstić information content (AvgIpc) is 2.61. The molecule has 6 nitrogen and oxygen atoms in total. The maximum atomic E-state index is 13.1. The van der Waals surface area contributed by atoms with E-state index < -0.39 is 35.6 Å². The first-order valence-corrected chi connectivity index (χ1v) is 8.01. The van der Waals surface area contributed by atoms with E-state index in [4.69, 9.17) is 10.00 Å². The Morgan fingerprint density at radius 2 is 1.93 bits per heavy atom. The van der Waals surface area contributed by atoms with Crippen LogP contribution in [0.25, 0.3) is 0 Å². The fraction of sp³-hybridized carbons (Fsp3) is 0.263. The van der Waals surface area contributed by atoms with Crippen molar-refractivity contribution in [1.29, 1.82) is 5.26 Å². The maximum Gasteiger partial charge on any atom is 0.306 e. The van der Waals surface area contributed by atoms with Crippen LogP contribution in [0.4, 0.5) is 8.78 Å². The van der Waals surface area contributed by atoms with E-state index in [2.05, 4.69) is 4.98 Å². The average molecular weight is 374 g/mol. The monoisotopic (exact) mass is 374 g/mol. The molecule has 1 heterocycles. The molecule has 0 fully saturated rings. The summed E-state index contributed by atoms with van der Waals surface area (Å²) in [7, 11) is 0. The highest BCUT2D eigenvalue weighted by Crippen LogP contribution is 2.15. The second kappa shape index (κ2) is 8.36. The number of Topliss-reactive ketones (excluding diaryl/α,β-unsaturated/α-hetero) is 1. The summed E-state index contributed by atoms with van der Waals surface area (Å²) < 4.78 is 30.9. The number of carbonyl (C=O) groups is 2. The molecule has 140 valence electrons. The molecule has 0 amide bonds. The fourth-order valence-corrected chi connectivity index (χ4v) is 2.62. The number of ether oxygens (including phenoxy) is 1. The molecule has 27 heavy (non-hydrogen) atoms. The summed E-state index contributed by atoms with van der Waals surface area (Å²) in [5, 5.41) is 9.03. The Morgan fingerprint density at radius 1 is 1.22 bits per heavy atom. The highest BCUT2D eigenvalue weighted by molar-refractivity contribution is 5.97. The zero-order chi connectivity index (χ0) is 20.1. The molecule has 1 N–H and O–H groups in total. The van der Waals surface area contributed by atoms with Crippen molar-refractivity contribution in [3.05, 3.63) is 68.1 Å². The van der Waals surface area contributed by atoms with E-state index in [1.807, 2.05) is 6.07 Å². The summed E-state index contributed by atoms with van der Waals surface area (Å²) >= 11 is 0. The standard InChI is InChI=1S/C19H16F2N2O4/c1-10-13(11(2)23-19(26)14(10)8-22)4-6-18(25)27-9-17(24)12-3-5-15(20)16(21)7-12/h3,5,7H,4,6,9H2,1-2H3,(H,23,26). The van der Waals surface area contributed by atoms with Gasteiger partial charge in [-0.05, 0) is 49.6 Å². The van der Waals surface area contributed by atoms with E-state index in [0.29, 0.717) is 16.8 Å². The molecule has 0 aliphatic rings. The summed E-state index contributed by atoms with van der Waals surface area (Å²) in [6.07, 6.45) is 0.130. The number of carbonyl (C=O) groups excluding carboxylic acids is 2. The third-order valence-electron chi connectivity index (χ3n) is 4.11. The number of hydrogen-bond donors (Lipinski definition) is 1. The number of aryl methyl sites for hydroxylation is 1. The van der Waals surface area contributed by atoms with Gasteiger partial charge in [0.15, 0.2) is 24.0 Å². The number of esters is 1.